The maximum Gasteiger partial charge on any atom is 0.300 e. The van der Waals surface area contributed by atoms with Gasteiger partial charge in [-0.1, -0.05) is 0 Å². The summed E-state index contributed by atoms with van der Waals surface area (Å²) in [5.74, 6) is 1.11. The van der Waals surface area contributed by atoms with Gasteiger partial charge in [-0.25, -0.2) is 4.98 Å². The number of hydrogen-bond acceptors (Lipinski definition) is 6. The summed E-state index contributed by atoms with van der Waals surface area (Å²) in [7, 11) is 1.64. The van der Waals surface area contributed by atoms with Crippen molar-refractivity contribution in [3.63, 3.8) is 0 Å². The summed E-state index contributed by atoms with van der Waals surface area (Å²) < 4.78 is 0. The van der Waals surface area contributed by atoms with Crippen LogP contribution >= 0.6 is 11.8 Å². The summed E-state index contributed by atoms with van der Waals surface area (Å²) in [6.45, 7) is 0.540. The minimum Gasteiger partial charge on any atom is -0.373 e. The smallest absolute Gasteiger partial charge is 0.300 e. The van der Waals surface area contributed by atoms with Crippen molar-refractivity contribution in [1.29, 1.82) is 0 Å². The summed E-state index contributed by atoms with van der Waals surface area (Å²) in [4.78, 5) is 26.3. The molecule has 20 heavy (non-hydrogen) atoms. The Bertz CT molecular complexity index is 517. The van der Waals surface area contributed by atoms with Gasteiger partial charge in [-0.05, 0) is 18.6 Å². The van der Waals surface area contributed by atoms with Crippen molar-refractivity contribution in [1.82, 2.24) is 10.3 Å². The van der Waals surface area contributed by atoms with E-state index in [1.807, 2.05) is 11.8 Å². The predicted octanol–water partition coefficient (Wildman–Crippen LogP) is 1.66. The Labute approximate surface area is 120 Å². The molecule has 0 bridgehead atoms. The lowest BCUT2D eigenvalue weighted by Crippen LogP contribution is -2.30. The number of aromatic nitrogens is 1. The lowest BCUT2D eigenvalue weighted by molar-refractivity contribution is -0.385. The van der Waals surface area contributed by atoms with Crippen molar-refractivity contribution < 1.29 is 9.72 Å². The van der Waals surface area contributed by atoms with E-state index in [1.165, 1.54) is 6.07 Å². The molecule has 0 radical (unpaired) electrons. The van der Waals surface area contributed by atoms with Crippen LogP contribution in [0.1, 0.15) is 23.2 Å². The first-order valence-corrected chi connectivity index (χ1v) is 7.38. The molecule has 0 saturated carbocycles. The van der Waals surface area contributed by atoms with Gasteiger partial charge < -0.3 is 10.6 Å². The Kier molecular flexibility index (Phi) is 4.78. The van der Waals surface area contributed by atoms with Crippen LogP contribution < -0.4 is 10.6 Å². The van der Waals surface area contributed by atoms with E-state index in [9.17, 15) is 14.9 Å². The Morgan fingerprint density at radius 3 is 3.05 bits per heavy atom. The molecule has 1 aromatic rings. The molecule has 2 heterocycles. The van der Waals surface area contributed by atoms with E-state index in [4.69, 9.17) is 0 Å². The number of nitro groups is 1. The molecule has 2 rings (SSSR count). The SMILES string of the molecule is CNc1cc(C(=O)NCC2CCCS2)c([N+](=O)[O-])cn1. The highest BCUT2D eigenvalue weighted by Crippen LogP contribution is 2.25. The minimum atomic E-state index is -0.592. The zero-order chi connectivity index (χ0) is 14.5. The molecular formula is C12H16N4O3S. The molecular weight excluding hydrogens is 280 g/mol. The number of nitrogens with one attached hydrogen (secondary N) is 2. The van der Waals surface area contributed by atoms with Gasteiger partial charge in [-0.15, -0.1) is 0 Å². The van der Waals surface area contributed by atoms with Crippen LogP contribution in [0.15, 0.2) is 12.3 Å². The highest BCUT2D eigenvalue weighted by Gasteiger charge is 2.23. The molecule has 0 aromatic carbocycles. The molecule has 1 unspecified atom stereocenters. The number of rotatable bonds is 5. The Balaban J connectivity index is 2.11. The number of nitrogens with zero attached hydrogens (tertiary/aromatic N) is 2. The van der Waals surface area contributed by atoms with Crippen molar-refractivity contribution in [2.75, 3.05) is 24.7 Å². The molecule has 0 spiro atoms. The van der Waals surface area contributed by atoms with Crippen molar-refractivity contribution in [2.24, 2.45) is 0 Å². The maximum atomic E-state index is 12.1. The third kappa shape index (κ3) is 3.38. The van der Waals surface area contributed by atoms with Crippen molar-refractivity contribution >= 4 is 29.2 Å². The zero-order valence-corrected chi connectivity index (χ0v) is 11.9. The second-order valence-corrected chi connectivity index (χ2v) is 5.85. The topological polar surface area (TPSA) is 97.2 Å². The third-order valence-electron chi connectivity index (χ3n) is 3.09. The summed E-state index contributed by atoms with van der Waals surface area (Å²) >= 11 is 1.82. The van der Waals surface area contributed by atoms with Gasteiger partial charge in [0.15, 0.2) is 0 Å². The molecule has 1 aliphatic rings. The van der Waals surface area contributed by atoms with Crippen molar-refractivity contribution in [3.8, 4) is 0 Å². The van der Waals surface area contributed by atoms with Gasteiger partial charge in [-0.2, -0.15) is 11.8 Å². The molecule has 1 aliphatic heterocycles. The first-order chi connectivity index (χ1) is 9.61. The standard InChI is InChI=1S/C12H16N4O3S/c1-13-11-5-9(10(7-14-11)16(18)19)12(17)15-6-8-3-2-4-20-8/h5,7-8H,2-4,6H2,1H3,(H,13,14)(H,15,17). The van der Waals surface area contributed by atoms with E-state index in [1.54, 1.807) is 7.05 Å². The number of thioether (sulfide) groups is 1. The lowest BCUT2D eigenvalue weighted by Gasteiger charge is -2.10. The molecule has 1 saturated heterocycles. The van der Waals surface area contributed by atoms with E-state index < -0.39 is 10.8 Å². The fourth-order valence-corrected chi connectivity index (χ4v) is 3.22. The molecule has 1 aromatic heterocycles. The average Bonchev–Trinajstić information content (AvgIpc) is 2.97. The predicted molar refractivity (Wildman–Crippen MR) is 78.3 cm³/mol. The Morgan fingerprint density at radius 1 is 1.65 bits per heavy atom. The molecule has 108 valence electrons. The molecule has 1 atom stereocenters. The second-order valence-electron chi connectivity index (χ2n) is 4.44. The van der Waals surface area contributed by atoms with Gasteiger partial charge >= 0.3 is 0 Å². The first-order valence-electron chi connectivity index (χ1n) is 6.34. The second kappa shape index (κ2) is 6.56. The lowest BCUT2D eigenvalue weighted by atomic mass is 10.2. The van der Waals surface area contributed by atoms with Crippen molar-refractivity contribution in [2.45, 2.75) is 18.1 Å². The quantitative estimate of drug-likeness (QED) is 0.633. The summed E-state index contributed by atoms with van der Waals surface area (Å²) in [6.07, 6.45) is 3.33. The van der Waals surface area contributed by atoms with Gasteiger partial charge in [0.2, 0.25) is 0 Å². The van der Waals surface area contributed by atoms with Crippen molar-refractivity contribution in [3.05, 3.63) is 27.9 Å². The molecule has 1 fully saturated rings. The number of carbonyl (C=O) groups excluding carboxylic acids is 1. The molecule has 2 N–H and O–H groups in total. The Hall–Kier alpha value is -1.83. The number of hydrogen-bond donors (Lipinski definition) is 2. The van der Waals surface area contributed by atoms with E-state index in [2.05, 4.69) is 15.6 Å². The highest BCUT2D eigenvalue weighted by molar-refractivity contribution is 8.00. The van der Waals surface area contributed by atoms with Crippen LogP contribution in [-0.4, -0.2) is 40.4 Å². The average molecular weight is 296 g/mol. The van der Waals surface area contributed by atoms with Crippen LogP contribution in [-0.2, 0) is 0 Å². The zero-order valence-electron chi connectivity index (χ0n) is 11.1. The van der Waals surface area contributed by atoms with Crippen LogP contribution in [0, 0.1) is 10.1 Å². The molecule has 8 heteroatoms. The van der Waals surface area contributed by atoms with E-state index in [0.717, 1.165) is 24.8 Å². The van der Waals surface area contributed by atoms with Crippen LogP contribution in [0.25, 0.3) is 0 Å². The van der Waals surface area contributed by atoms with Crippen LogP contribution in [0.2, 0.25) is 0 Å². The largest absolute Gasteiger partial charge is 0.373 e. The van der Waals surface area contributed by atoms with E-state index in [0.29, 0.717) is 17.6 Å². The fourth-order valence-electron chi connectivity index (χ4n) is 2.02. The maximum absolute atomic E-state index is 12.1. The highest BCUT2D eigenvalue weighted by atomic mass is 32.2. The Morgan fingerprint density at radius 2 is 2.45 bits per heavy atom. The monoisotopic (exact) mass is 296 g/mol. The van der Waals surface area contributed by atoms with Gasteiger partial charge in [-0.3, -0.25) is 14.9 Å². The van der Waals surface area contributed by atoms with Crippen LogP contribution in [0.4, 0.5) is 11.5 Å². The molecule has 7 nitrogen and oxygen atoms in total. The van der Waals surface area contributed by atoms with E-state index in [-0.39, 0.29) is 11.3 Å². The van der Waals surface area contributed by atoms with Crippen LogP contribution in [0.5, 0.6) is 0 Å². The number of carbonyl (C=O) groups is 1. The number of amides is 1. The molecule has 0 aliphatic carbocycles. The normalized spacial score (nSPS) is 17.8. The third-order valence-corrected chi connectivity index (χ3v) is 4.49. The number of anilines is 1. The first kappa shape index (κ1) is 14.6. The van der Waals surface area contributed by atoms with Crippen LogP contribution in [0.3, 0.4) is 0 Å². The molecule has 1 amide bonds. The number of pyridine rings is 1. The van der Waals surface area contributed by atoms with Gasteiger partial charge in [0.1, 0.15) is 17.6 Å². The van der Waals surface area contributed by atoms with Gasteiger partial charge in [0.25, 0.3) is 11.6 Å². The van der Waals surface area contributed by atoms with Gasteiger partial charge in [0.05, 0.1) is 4.92 Å². The summed E-state index contributed by atoms with van der Waals surface area (Å²) in [5, 5.41) is 16.9. The summed E-state index contributed by atoms with van der Waals surface area (Å²) in [5.41, 5.74) is -0.238. The minimum absolute atomic E-state index is 0.0392. The van der Waals surface area contributed by atoms with E-state index >= 15 is 0 Å². The van der Waals surface area contributed by atoms with Gasteiger partial charge in [0, 0.05) is 24.9 Å². The summed E-state index contributed by atoms with van der Waals surface area (Å²) in [6, 6.07) is 1.40. The fraction of sp³-hybridized carbons (Fsp3) is 0.500.